The summed E-state index contributed by atoms with van der Waals surface area (Å²) in [6.07, 6.45) is 4.13. The van der Waals surface area contributed by atoms with Gasteiger partial charge < -0.3 is 9.47 Å². The average molecular weight is 281 g/mol. The molecule has 0 radical (unpaired) electrons. The molecule has 112 valence electrons. The van der Waals surface area contributed by atoms with Gasteiger partial charge in [-0.15, -0.1) is 0 Å². The van der Waals surface area contributed by atoms with Crippen LogP contribution in [0.3, 0.4) is 0 Å². The number of likely N-dealkylation sites (N-methyl/N-ethyl adjacent to an activating group) is 1. The molecule has 6 nitrogen and oxygen atoms in total. The van der Waals surface area contributed by atoms with E-state index in [4.69, 9.17) is 9.47 Å². The predicted molar refractivity (Wildman–Crippen MR) is 74.5 cm³/mol. The largest absolute Gasteiger partial charge is 0.462 e. The average Bonchev–Trinajstić information content (AvgIpc) is 3.01. The first-order valence-corrected chi connectivity index (χ1v) is 7.10. The van der Waals surface area contributed by atoms with Gasteiger partial charge in [-0.1, -0.05) is 0 Å². The molecule has 1 atom stereocenters. The van der Waals surface area contributed by atoms with Crippen LogP contribution in [0.2, 0.25) is 0 Å². The van der Waals surface area contributed by atoms with Gasteiger partial charge >= 0.3 is 5.97 Å². The molecule has 0 bridgehead atoms. The topological polar surface area (TPSA) is 56.6 Å². The number of nitrogens with zero attached hydrogens (tertiary/aromatic N) is 3. The number of hydrogen-bond acceptors (Lipinski definition) is 5. The Hall–Kier alpha value is -1.40. The third kappa shape index (κ3) is 3.58. The van der Waals surface area contributed by atoms with Crippen molar-refractivity contribution in [3.63, 3.8) is 0 Å². The Morgan fingerprint density at radius 3 is 3.10 bits per heavy atom. The van der Waals surface area contributed by atoms with Crippen LogP contribution in [0.15, 0.2) is 6.20 Å². The number of carbonyl (C=O) groups is 1. The van der Waals surface area contributed by atoms with E-state index in [0.29, 0.717) is 24.8 Å². The second-order valence-electron chi connectivity index (χ2n) is 5.18. The summed E-state index contributed by atoms with van der Waals surface area (Å²) < 4.78 is 12.4. The quantitative estimate of drug-likeness (QED) is 0.734. The van der Waals surface area contributed by atoms with Crippen molar-refractivity contribution in [2.45, 2.75) is 32.4 Å². The minimum absolute atomic E-state index is 0.305. The maximum Gasteiger partial charge on any atom is 0.341 e. The summed E-state index contributed by atoms with van der Waals surface area (Å²) in [5.74, 6) is -0.305. The predicted octanol–water partition coefficient (Wildman–Crippen LogP) is 1.21. The first kappa shape index (κ1) is 15.0. The van der Waals surface area contributed by atoms with Crippen LogP contribution >= 0.6 is 0 Å². The normalized spacial score (nSPS) is 18.7. The molecule has 1 fully saturated rings. The molecule has 1 aromatic heterocycles. The third-order valence-corrected chi connectivity index (χ3v) is 3.52. The molecule has 6 heteroatoms. The molecule has 1 aromatic rings. The van der Waals surface area contributed by atoms with Gasteiger partial charge in [0, 0.05) is 26.7 Å². The fourth-order valence-corrected chi connectivity index (χ4v) is 2.49. The lowest BCUT2D eigenvalue weighted by Crippen LogP contribution is -2.29. The van der Waals surface area contributed by atoms with Gasteiger partial charge in [-0.05, 0) is 26.8 Å². The fraction of sp³-hybridized carbons (Fsp3) is 0.714. The highest BCUT2D eigenvalue weighted by Crippen LogP contribution is 2.16. The van der Waals surface area contributed by atoms with E-state index in [1.54, 1.807) is 17.8 Å². The Morgan fingerprint density at radius 1 is 1.65 bits per heavy atom. The first-order chi connectivity index (χ1) is 9.61. The molecule has 2 heterocycles. The minimum Gasteiger partial charge on any atom is -0.462 e. The lowest BCUT2D eigenvalue weighted by Gasteiger charge is -2.21. The Balaban J connectivity index is 2.00. The van der Waals surface area contributed by atoms with Crippen molar-refractivity contribution < 1.29 is 14.3 Å². The summed E-state index contributed by atoms with van der Waals surface area (Å²) in [5, 5.41) is 4.16. The number of hydrogen-bond donors (Lipinski definition) is 0. The summed E-state index contributed by atoms with van der Waals surface area (Å²) in [6.45, 7) is 4.56. The highest BCUT2D eigenvalue weighted by Gasteiger charge is 2.21. The first-order valence-electron chi connectivity index (χ1n) is 7.10. The molecular weight excluding hydrogens is 258 g/mol. The standard InChI is InChI=1S/C14H23N3O3/c1-4-19-14(18)12-8-15-17(3)13(12)10-16(2)9-11-6-5-7-20-11/h8,11H,4-7,9-10H2,1-3H3. The number of aromatic nitrogens is 2. The monoisotopic (exact) mass is 281 g/mol. The smallest absolute Gasteiger partial charge is 0.341 e. The van der Waals surface area contributed by atoms with Gasteiger partial charge in [-0.25, -0.2) is 4.79 Å². The van der Waals surface area contributed by atoms with Gasteiger partial charge in [0.25, 0.3) is 0 Å². The van der Waals surface area contributed by atoms with Crippen molar-refractivity contribution in [3.8, 4) is 0 Å². The Labute approximate surface area is 119 Å². The van der Waals surface area contributed by atoms with Gasteiger partial charge in [0.2, 0.25) is 0 Å². The minimum atomic E-state index is -0.305. The van der Waals surface area contributed by atoms with Crippen molar-refractivity contribution in [2.24, 2.45) is 7.05 Å². The van der Waals surface area contributed by atoms with Gasteiger partial charge in [-0.3, -0.25) is 9.58 Å². The van der Waals surface area contributed by atoms with Gasteiger partial charge in [0.05, 0.1) is 24.6 Å². The molecule has 0 saturated carbocycles. The number of ether oxygens (including phenoxy) is 2. The number of aryl methyl sites for hydroxylation is 1. The summed E-state index contributed by atoms with van der Waals surface area (Å²) in [6, 6.07) is 0. The number of esters is 1. The number of carbonyl (C=O) groups excluding carboxylic acids is 1. The van der Waals surface area contributed by atoms with E-state index in [2.05, 4.69) is 10.00 Å². The van der Waals surface area contributed by atoms with Crippen LogP contribution in [0.25, 0.3) is 0 Å². The Bertz CT molecular complexity index is 453. The molecule has 1 saturated heterocycles. The third-order valence-electron chi connectivity index (χ3n) is 3.52. The van der Waals surface area contributed by atoms with Crippen molar-refractivity contribution in [3.05, 3.63) is 17.5 Å². The van der Waals surface area contributed by atoms with Gasteiger partial charge in [0.15, 0.2) is 0 Å². The number of rotatable bonds is 6. The lowest BCUT2D eigenvalue weighted by molar-refractivity contribution is 0.0522. The molecule has 0 aliphatic carbocycles. The van der Waals surface area contributed by atoms with E-state index in [1.165, 1.54) is 0 Å². The zero-order valence-corrected chi connectivity index (χ0v) is 12.5. The van der Waals surface area contributed by atoms with Crippen LogP contribution in [0.1, 0.15) is 35.8 Å². The van der Waals surface area contributed by atoms with Crippen LogP contribution in [0.5, 0.6) is 0 Å². The zero-order valence-electron chi connectivity index (χ0n) is 12.5. The van der Waals surface area contributed by atoms with Crippen molar-refractivity contribution in [1.82, 2.24) is 14.7 Å². The Kier molecular flexibility index (Phi) is 5.14. The van der Waals surface area contributed by atoms with Crippen molar-refractivity contribution >= 4 is 5.97 Å². The molecule has 0 aromatic carbocycles. The van der Waals surface area contributed by atoms with E-state index >= 15 is 0 Å². The summed E-state index contributed by atoms with van der Waals surface area (Å²) in [7, 11) is 3.88. The lowest BCUT2D eigenvalue weighted by atomic mass is 10.2. The molecule has 0 N–H and O–H groups in total. The maximum atomic E-state index is 11.9. The van der Waals surface area contributed by atoms with E-state index < -0.39 is 0 Å². The van der Waals surface area contributed by atoms with Crippen LogP contribution in [-0.4, -0.2) is 53.6 Å². The maximum absolute atomic E-state index is 11.9. The molecule has 1 unspecified atom stereocenters. The fourth-order valence-electron chi connectivity index (χ4n) is 2.49. The van der Waals surface area contributed by atoms with E-state index in [-0.39, 0.29) is 5.97 Å². The SMILES string of the molecule is CCOC(=O)c1cnn(C)c1CN(C)CC1CCCO1. The Morgan fingerprint density at radius 2 is 2.45 bits per heavy atom. The van der Waals surface area contributed by atoms with Crippen molar-refractivity contribution in [1.29, 1.82) is 0 Å². The highest BCUT2D eigenvalue weighted by molar-refractivity contribution is 5.90. The van der Waals surface area contributed by atoms with Crippen LogP contribution in [0.4, 0.5) is 0 Å². The zero-order chi connectivity index (χ0) is 14.5. The molecular formula is C14H23N3O3. The van der Waals surface area contributed by atoms with Crippen LogP contribution in [-0.2, 0) is 23.1 Å². The molecule has 0 spiro atoms. The van der Waals surface area contributed by atoms with E-state index in [9.17, 15) is 4.79 Å². The van der Waals surface area contributed by atoms with Crippen molar-refractivity contribution in [2.75, 3.05) is 26.8 Å². The summed E-state index contributed by atoms with van der Waals surface area (Å²) in [4.78, 5) is 14.0. The molecule has 20 heavy (non-hydrogen) atoms. The van der Waals surface area contributed by atoms with E-state index in [1.807, 2.05) is 14.1 Å². The van der Waals surface area contributed by atoms with E-state index in [0.717, 1.165) is 31.7 Å². The highest BCUT2D eigenvalue weighted by atomic mass is 16.5. The van der Waals surface area contributed by atoms with Gasteiger partial charge in [-0.2, -0.15) is 5.10 Å². The second-order valence-corrected chi connectivity index (χ2v) is 5.18. The van der Waals surface area contributed by atoms with Gasteiger partial charge in [0.1, 0.15) is 5.56 Å². The summed E-state index contributed by atoms with van der Waals surface area (Å²) in [5.41, 5.74) is 1.43. The second kappa shape index (κ2) is 6.85. The molecule has 1 aliphatic rings. The molecule has 1 aliphatic heterocycles. The molecule has 0 amide bonds. The van der Waals surface area contributed by atoms with Crippen LogP contribution < -0.4 is 0 Å². The molecule has 2 rings (SSSR count). The summed E-state index contributed by atoms with van der Waals surface area (Å²) >= 11 is 0. The van der Waals surface area contributed by atoms with Crippen LogP contribution in [0, 0.1) is 0 Å².